The summed E-state index contributed by atoms with van der Waals surface area (Å²) in [6.07, 6.45) is 1.87. The lowest BCUT2D eigenvalue weighted by molar-refractivity contribution is -0.118. The van der Waals surface area contributed by atoms with Gasteiger partial charge < -0.3 is 5.11 Å². The van der Waals surface area contributed by atoms with Gasteiger partial charge in [0.1, 0.15) is 0 Å². The minimum Gasteiger partial charge on any atom is -0.384 e. The van der Waals surface area contributed by atoms with E-state index in [9.17, 15) is 5.11 Å². The first kappa shape index (κ1) is 11.5. The first-order chi connectivity index (χ1) is 8.67. The normalized spacial score (nSPS) is 30.8. The molecule has 1 aliphatic rings. The van der Waals surface area contributed by atoms with E-state index in [0.717, 1.165) is 18.4 Å². The van der Waals surface area contributed by atoms with E-state index in [-0.39, 0.29) is 5.41 Å². The molecular formula is C17H18O. The lowest BCUT2D eigenvalue weighted by atomic mass is 9.52. The van der Waals surface area contributed by atoms with Crippen molar-refractivity contribution in [1.82, 2.24) is 0 Å². The van der Waals surface area contributed by atoms with Gasteiger partial charge in [-0.25, -0.2) is 0 Å². The van der Waals surface area contributed by atoms with Gasteiger partial charge in [0.05, 0.1) is 5.60 Å². The van der Waals surface area contributed by atoms with Gasteiger partial charge in [0.2, 0.25) is 0 Å². The van der Waals surface area contributed by atoms with Gasteiger partial charge in [-0.15, -0.1) is 0 Å². The summed E-state index contributed by atoms with van der Waals surface area (Å²) in [6.45, 7) is 2.17. The quantitative estimate of drug-likeness (QED) is 0.847. The Kier molecular flexibility index (Phi) is 2.53. The summed E-state index contributed by atoms with van der Waals surface area (Å²) in [4.78, 5) is 0. The molecule has 0 bridgehead atoms. The van der Waals surface area contributed by atoms with E-state index in [2.05, 4.69) is 19.1 Å². The summed E-state index contributed by atoms with van der Waals surface area (Å²) in [5.41, 5.74) is 1.36. The molecule has 0 saturated heterocycles. The van der Waals surface area contributed by atoms with E-state index in [1.54, 1.807) is 0 Å². The molecule has 1 fully saturated rings. The van der Waals surface area contributed by atoms with Crippen molar-refractivity contribution in [2.75, 3.05) is 0 Å². The van der Waals surface area contributed by atoms with Crippen LogP contribution in [0.3, 0.4) is 0 Å². The summed E-state index contributed by atoms with van der Waals surface area (Å²) in [5.74, 6) is 0. The summed E-state index contributed by atoms with van der Waals surface area (Å²) in [7, 11) is 0. The van der Waals surface area contributed by atoms with Crippen LogP contribution < -0.4 is 0 Å². The molecule has 0 aromatic heterocycles. The molecule has 1 heteroatoms. The van der Waals surface area contributed by atoms with Gasteiger partial charge in [-0.1, -0.05) is 67.6 Å². The Labute approximate surface area is 108 Å². The standard InChI is InChI=1S/C17H18O/c1-16(14-8-4-2-5-9-14)12-13-17(16,18)15-10-6-3-7-11-15/h2-11,18H,12-13H2,1H3/t16-,17+/m1/s1. The van der Waals surface area contributed by atoms with Crippen molar-refractivity contribution in [2.24, 2.45) is 0 Å². The molecule has 1 aliphatic carbocycles. The molecule has 92 valence electrons. The monoisotopic (exact) mass is 238 g/mol. The third-order valence-electron chi connectivity index (χ3n) is 4.56. The molecule has 3 rings (SSSR count). The second-order valence-corrected chi connectivity index (χ2v) is 5.42. The number of hydrogen-bond donors (Lipinski definition) is 1. The molecule has 1 N–H and O–H groups in total. The second-order valence-electron chi connectivity index (χ2n) is 5.42. The Morgan fingerprint density at radius 2 is 1.28 bits per heavy atom. The molecule has 0 unspecified atom stereocenters. The molecule has 2 aromatic rings. The van der Waals surface area contributed by atoms with E-state index < -0.39 is 5.60 Å². The predicted molar refractivity (Wildman–Crippen MR) is 73.4 cm³/mol. The molecule has 0 aliphatic heterocycles. The zero-order chi connectivity index (χ0) is 12.6. The minimum atomic E-state index is -0.727. The van der Waals surface area contributed by atoms with Crippen molar-refractivity contribution < 1.29 is 5.11 Å². The van der Waals surface area contributed by atoms with E-state index in [0.29, 0.717) is 0 Å². The van der Waals surface area contributed by atoms with Crippen molar-refractivity contribution in [1.29, 1.82) is 0 Å². The predicted octanol–water partition coefficient (Wildman–Crippen LogP) is 3.63. The maximum Gasteiger partial charge on any atom is 0.0990 e. The van der Waals surface area contributed by atoms with Gasteiger partial charge in [-0.05, 0) is 24.0 Å². The highest BCUT2D eigenvalue weighted by Crippen LogP contribution is 2.57. The summed E-state index contributed by atoms with van der Waals surface area (Å²) in [6, 6.07) is 20.4. The van der Waals surface area contributed by atoms with E-state index in [1.165, 1.54) is 5.56 Å². The van der Waals surface area contributed by atoms with E-state index in [1.807, 2.05) is 48.5 Å². The van der Waals surface area contributed by atoms with Crippen molar-refractivity contribution >= 4 is 0 Å². The SMILES string of the molecule is C[C@]1(c2ccccc2)CC[C@]1(O)c1ccccc1. The Morgan fingerprint density at radius 1 is 0.778 bits per heavy atom. The van der Waals surface area contributed by atoms with Crippen molar-refractivity contribution in [3.8, 4) is 0 Å². The van der Waals surface area contributed by atoms with Gasteiger partial charge in [0.25, 0.3) is 0 Å². The first-order valence-corrected chi connectivity index (χ1v) is 6.50. The molecule has 2 aromatic carbocycles. The van der Waals surface area contributed by atoms with Gasteiger partial charge >= 0.3 is 0 Å². The molecule has 0 spiro atoms. The highest BCUT2D eigenvalue weighted by molar-refractivity contribution is 5.39. The second kappa shape index (κ2) is 3.96. The Hall–Kier alpha value is -1.60. The molecule has 1 saturated carbocycles. The molecule has 2 atom stereocenters. The summed E-state index contributed by atoms with van der Waals surface area (Å²) < 4.78 is 0. The van der Waals surface area contributed by atoms with E-state index >= 15 is 0 Å². The van der Waals surface area contributed by atoms with Gasteiger partial charge in [-0.2, -0.15) is 0 Å². The zero-order valence-corrected chi connectivity index (χ0v) is 10.6. The molecule has 0 amide bonds. The zero-order valence-electron chi connectivity index (χ0n) is 10.6. The highest BCUT2D eigenvalue weighted by atomic mass is 16.3. The fourth-order valence-corrected chi connectivity index (χ4v) is 3.10. The van der Waals surface area contributed by atoms with Crippen LogP contribution in [0.4, 0.5) is 0 Å². The largest absolute Gasteiger partial charge is 0.384 e. The fraction of sp³-hybridized carbons (Fsp3) is 0.294. The lowest BCUT2D eigenvalue weighted by Crippen LogP contribution is -2.56. The molecule has 0 heterocycles. The Balaban J connectivity index is 2.05. The van der Waals surface area contributed by atoms with Crippen LogP contribution in [-0.4, -0.2) is 5.11 Å². The molecular weight excluding hydrogens is 220 g/mol. The Bertz CT molecular complexity index is 483. The average molecular weight is 238 g/mol. The number of rotatable bonds is 2. The number of benzene rings is 2. The summed E-state index contributed by atoms with van der Waals surface area (Å²) in [5, 5.41) is 11.1. The summed E-state index contributed by atoms with van der Waals surface area (Å²) >= 11 is 0. The van der Waals surface area contributed by atoms with E-state index in [4.69, 9.17) is 0 Å². The third kappa shape index (κ3) is 1.44. The lowest BCUT2D eigenvalue weighted by Gasteiger charge is -2.55. The van der Waals surface area contributed by atoms with Crippen LogP contribution in [0.25, 0.3) is 0 Å². The van der Waals surface area contributed by atoms with Crippen molar-refractivity contribution in [3.05, 3.63) is 71.8 Å². The maximum absolute atomic E-state index is 11.1. The van der Waals surface area contributed by atoms with Crippen LogP contribution in [0.2, 0.25) is 0 Å². The van der Waals surface area contributed by atoms with Gasteiger partial charge in [-0.3, -0.25) is 0 Å². The van der Waals surface area contributed by atoms with Crippen LogP contribution in [0, 0.1) is 0 Å². The highest BCUT2D eigenvalue weighted by Gasteiger charge is 2.56. The van der Waals surface area contributed by atoms with Crippen LogP contribution in [-0.2, 0) is 11.0 Å². The van der Waals surface area contributed by atoms with Crippen LogP contribution >= 0.6 is 0 Å². The van der Waals surface area contributed by atoms with Crippen LogP contribution in [0.15, 0.2) is 60.7 Å². The smallest absolute Gasteiger partial charge is 0.0990 e. The van der Waals surface area contributed by atoms with Gasteiger partial charge in [0.15, 0.2) is 0 Å². The third-order valence-corrected chi connectivity index (χ3v) is 4.56. The van der Waals surface area contributed by atoms with Crippen molar-refractivity contribution in [2.45, 2.75) is 30.8 Å². The fourth-order valence-electron chi connectivity index (χ4n) is 3.10. The molecule has 1 nitrogen and oxygen atoms in total. The average Bonchev–Trinajstić information content (AvgIpc) is 2.46. The first-order valence-electron chi connectivity index (χ1n) is 6.50. The minimum absolute atomic E-state index is 0.171. The van der Waals surface area contributed by atoms with Crippen molar-refractivity contribution in [3.63, 3.8) is 0 Å². The van der Waals surface area contributed by atoms with Crippen LogP contribution in [0.1, 0.15) is 30.9 Å². The molecule has 0 radical (unpaired) electrons. The van der Waals surface area contributed by atoms with Gasteiger partial charge in [0, 0.05) is 5.41 Å². The number of aliphatic hydroxyl groups is 1. The topological polar surface area (TPSA) is 20.2 Å². The van der Waals surface area contributed by atoms with Crippen LogP contribution in [0.5, 0.6) is 0 Å². The molecule has 18 heavy (non-hydrogen) atoms. The number of hydrogen-bond acceptors (Lipinski definition) is 1. The maximum atomic E-state index is 11.1. The Morgan fingerprint density at radius 3 is 1.72 bits per heavy atom.